The molecular weight excluding hydrogens is 236 g/mol. The topological polar surface area (TPSA) is 65.0 Å². The van der Waals surface area contributed by atoms with E-state index in [-0.39, 0.29) is 31.2 Å². The molecule has 1 rings (SSSR count). The van der Waals surface area contributed by atoms with Crippen molar-refractivity contribution in [2.45, 2.75) is 71.1 Å². The second-order valence-corrected chi connectivity index (χ2v) is 6.09. The summed E-state index contributed by atoms with van der Waals surface area (Å²) in [5, 5.41) is 9.16. The summed E-state index contributed by atoms with van der Waals surface area (Å²) >= 11 is 0. The van der Waals surface area contributed by atoms with Crippen molar-refractivity contribution in [3.63, 3.8) is 0 Å². The summed E-state index contributed by atoms with van der Waals surface area (Å²) in [6, 6.07) is 0. The van der Waals surface area contributed by atoms with Crippen LogP contribution in [0, 0.1) is 0 Å². The first-order valence-corrected chi connectivity index (χ1v) is 6.29. The lowest BCUT2D eigenvalue weighted by atomic mass is 10.1. The molecule has 2 atom stereocenters. The lowest BCUT2D eigenvalue weighted by Gasteiger charge is -2.40. The van der Waals surface area contributed by atoms with Gasteiger partial charge in [-0.1, -0.05) is 0 Å². The lowest BCUT2D eigenvalue weighted by molar-refractivity contribution is -0.304. The number of aliphatic hydroxyl groups is 1. The molecule has 5 heteroatoms. The SMILES string of the molecule is CC(C)(C)OC(=O)C[C@@H]1C[C@@H](CO)OC(C)(C)O1. The molecule has 1 aliphatic rings. The minimum atomic E-state index is -0.779. The number of ether oxygens (including phenoxy) is 3. The maximum Gasteiger partial charge on any atom is 0.308 e. The van der Waals surface area contributed by atoms with E-state index in [4.69, 9.17) is 19.3 Å². The molecule has 0 aromatic rings. The predicted octanol–water partition coefficient (Wildman–Crippen LogP) is 1.62. The maximum atomic E-state index is 11.7. The summed E-state index contributed by atoms with van der Waals surface area (Å²) in [5.74, 6) is -1.07. The van der Waals surface area contributed by atoms with Crippen LogP contribution in [0.1, 0.15) is 47.5 Å². The molecule has 18 heavy (non-hydrogen) atoms. The number of esters is 1. The van der Waals surface area contributed by atoms with Crippen molar-refractivity contribution in [1.29, 1.82) is 0 Å². The van der Waals surface area contributed by atoms with Crippen LogP contribution in [0.25, 0.3) is 0 Å². The number of rotatable bonds is 3. The van der Waals surface area contributed by atoms with Crippen LogP contribution in [0.3, 0.4) is 0 Å². The molecule has 0 aliphatic carbocycles. The van der Waals surface area contributed by atoms with E-state index in [0.717, 1.165) is 0 Å². The van der Waals surface area contributed by atoms with Crippen molar-refractivity contribution in [2.75, 3.05) is 6.61 Å². The van der Waals surface area contributed by atoms with E-state index < -0.39 is 11.4 Å². The summed E-state index contributed by atoms with van der Waals surface area (Å²) in [7, 11) is 0. The number of aliphatic hydroxyl groups excluding tert-OH is 1. The number of carbonyl (C=O) groups excluding carboxylic acids is 1. The van der Waals surface area contributed by atoms with Gasteiger partial charge in [-0.3, -0.25) is 4.79 Å². The average molecular weight is 260 g/mol. The summed E-state index contributed by atoms with van der Waals surface area (Å²) in [4.78, 5) is 11.7. The van der Waals surface area contributed by atoms with Gasteiger partial charge in [-0.05, 0) is 34.6 Å². The van der Waals surface area contributed by atoms with Gasteiger partial charge in [-0.25, -0.2) is 0 Å². The van der Waals surface area contributed by atoms with Crippen LogP contribution >= 0.6 is 0 Å². The lowest BCUT2D eigenvalue weighted by Crippen LogP contribution is -2.46. The summed E-state index contributed by atoms with van der Waals surface area (Å²) < 4.78 is 16.4. The van der Waals surface area contributed by atoms with Crippen molar-refractivity contribution in [3.05, 3.63) is 0 Å². The fourth-order valence-electron chi connectivity index (χ4n) is 2.03. The van der Waals surface area contributed by atoms with E-state index >= 15 is 0 Å². The Morgan fingerprint density at radius 3 is 2.39 bits per heavy atom. The zero-order valence-electron chi connectivity index (χ0n) is 11.9. The van der Waals surface area contributed by atoms with Gasteiger partial charge in [0.1, 0.15) is 5.60 Å². The fourth-order valence-corrected chi connectivity index (χ4v) is 2.03. The Kier molecular flexibility index (Phi) is 4.75. The highest BCUT2D eigenvalue weighted by atomic mass is 16.7. The highest BCUT2D eigenvalue weighted by molar-refractivity contribution is 5.70. The van der Waals surface area contributed by atoms with Crippen LogP contribution in [-0.4, -0.2) is 41.3 Å². The van der Waals surface area contributed by atoms with Gasteiger partial charge in [0.2, 0.25) is 0 Å². The van der Waals surface area contributed by atoms with Gasteiger partial charge < -0.3 is 19.3 Å². The van der Waals surface area contributed by atoms with Crippen molar-refractivity contribution in [3.8, 4) is 0 Å². The largest absolute Gasteiger partial charge is 0.460 e. The van der Waals surface area contributed by atoms with Gasteiger partial charge in [0, 0.05) is 6.42 Å². The monoisotopic (exact) mass is 260 g/mol. The third-order valence-electron chi connectivity index (χ3n) is 2.44. The Balaban J connectivity index is 2.53. The summed E-state index contributed by atoms with van der Waals surface area (Å²) in [5.41, 5.74) is -0.492. The smallest absolute Gasteiger partial charge is 0.308 e. The first-order chi connectivity index (χ1) is 8.11. The zero-order valence-corrected chi connectivity index (χ0v) is 11.9. The first kappa shape index (κ1) is 15.4. The predicted molar refractivity (Wildman–Crippen MR) is 66.0 cm³/mol. The number of hydrogen-bond donors (Lipinski definition) is 1. The van der Waals surface area contributed by atoms with Crippen LogP contribution in [0.2, 0.25) is 0 Å². The molecule has 1 saturated heterocycles. The maximum absolute atomic E-state index is 11.7. The van der Waals surface area contributed by atoms with Gasteiger partial charge in [0.25, 0.3) is 0 Å². The summed E-state index contributed by atoms with van der Waals surface area (Å²) in [6.07, 6.45) is 0.113. The second-order valence-electron chi connectivity index (χ2n) is 6.09. The Morgan fingerprint density at radius 2 is 1.89 bits per heavy atom. The van der Waals surface area contributed by atoms with Gasteiger partial charge in [0.05, 0.1) is 25.2 Å². The van der Waals surface area contributed by atoms with Crippen LogP contribution in [-0.2, 0) is 19.0 Å². The van der Waals surface area contributed by atoms with E-state index in [0.29, 0.717) is 6.42 Å². The first-order valence-electron chi connectivity index (χ1n) is 6.29. The minimum absolute atomic E-state index is 0.0718. The molecule has 0 aromatic carbocycles. The third-order valence-corrected chi connectivity index (χ3v) is 2.44. The standard InChI is InChI=1S/C13H24O5/c1-12(2,3)18-11(15)7-9-6-10(8-14)17-13(4,5)16-9/h9-10,14H,6-8H2,1-5H3/t9-,10-/m0/s1. The van der Waals surface area contributed by atoms with Crippen LogP contribution in [0.4, 0.5) is 0 Å². The molecule has 1 fully saturated rings. The third kappa shape index (κ3) is 5.33. The van der Waals surface area contributed by atoms with Crippen LogP contribution in [0.5, 0.6) is 0 Å². The highest BCUT2D eigenvalue weighted by Crippen LogP contribution is 2.28. The molecule has 0 amide bonds. The molecule has 0 unspecified atom stereocenters. The highest BCUT2D eigenvalue weighted by Gasteiger charge is 2.36. The van der Waals surface area contributed by atoms with E-state index in [1.54, 1.807) is 13.8 Å². The molecule has 106 valence electrons. The van der Waals surface area contributed by atoms with Gasteiger partial charge in [0.15, 0.2) is 5.79 Å². The Bertz CT molecular complexity index is 292. The quantitative estimate of drug-likeness (QED) is 0.781. The Hall–Kier alpha value is -0.650. The van der Waals surface area contributed by atoms with Gasteiger partial charge in [-0.15, -0.1) is 0 Å². The van der Waals surface area contributed by atoms with Crippen molar-refractivity contribution >= 4 is 5.97 Å². The molecule has 1 aliphatic heterocycles. The Morgan fingerprint density at radius 1 is 1.33 bits per heavy atom. The Labute approximate surface area is 108 Å². The van der Waals surface area contributed by atoms with Gasteiger partial charge in [-0.2, -0.15) is 0 Å². The molecule has 5 nitrogen and oxygen atoms in total. The normalized spacial score (nSPS) is 27.9. The molecule has 0 radical (unpaired) electrons. The molecular formula is C13H24O5. The minimum Gasteiger partial charge on any atom is -0.460 e. The molecule has 0 bridgehead atoms. The van der Waals surface area contributed by atoms with Crippen molar-refractivity contribution in [2.24, 2.45) is 0 Å². The molecule has 1 N–H and O–H groups in total. The van der Waals surface area contributed by atoms with Crippen LogP contribution in [0.15, 0.2) is 0 Å². The number of carbonyl (C=O) groups is 1. The van der Waals surface area contributed by atoms with E-state index in [9.17, 15) is 4.79 Å². The van der Waals surface area contributed by atoms with Gasteiger partial charge >= 0.3 is 5.97 Å². The zero-order chi connectivity index (χ0) is 14.0. The van der Waals surface area contributed by atoms with E-state index in [2.05, 4.69) is 0 Å². The second kappa shape index (κ2) is 5.55. The van der Waals surface area contributed by atoms with E-state index in [1.165, 1.54) is 0 Å². The summed E-state index contributed by atoms with van der Waals surface area (Å²) in [6.45, 7) is 8.97. The molecule has 0 aromatic heterocycles. The molecule has 1 heterocycles. The fraction of sp³-hybridized carbons (Fsp3) is 0.923. The van der Waals surface area contributed by atoms with Crippen molar-refractivity contribution in [1.82, 2.24) is 0 Å². The van der Waals surface area contributed by atoms with Crippen LogP contribution < -0.4 is 0 Å². The van der Waals surface area contributed by atoms with Crippen molar-refractivity contribution < 1.29 is 24.1 Å². The van der Waals surface area contributed by atoms with E-state index in [1.807, 2.05) is 20.8 Å². The molecule has 0 spiro atoms. The number of hydrogen-bond acceptors (Lipinski definition) is 5. The average Bonchev–Trinajstić information content (AvgIpc) is 2.11. The molecule has 0 saturated carbocycles.